The van der Waals surface area contributed by atoms with Crippen LogP contribution >= 0.6 is 0 Å². The van der Waals surface area contributed by atoms with E-state index in [1.54, 1.807) is 6.33 Å². The summed E-state index contributed by atoms with van der Waals surface area (Å²) in [6.45, 7) is 0.775. The van der Waals surface area contributed by atoms with Gasteiger partial charge < -0.3 is 4.57 Å². The highest BCUT2D eigenvalue weighted by atomic mass is 15.1. The van der Waals surface area contributed by atoms with Crippen molar-refractivity contribution in [1.82, 2.24) is 19.5 Å². The maximum absolute atomic E-state index is 4.59. The highest BCUT2D eigenvalue weighted by Gasteiger charge is 2.13. The lowest BCUT2D eigenvalue weighted by atomic mass is 10.2. The summed E-state index contributed by atoms with van der Waals surface area (Å²) >= 11 is 0. The van der Waals surface area contributed by atoms with Crippen molar-refractivity contribution in [3.05, 3.63) is 78.8 Å². The third-order valence-corrected chi connectivity index (χ3v) is 3.52. The Morgan fingerprint density at radius 2 is 1.50 bits per heavy atom. The molecule has 0 saturated heterocycles. The molecule has 2 aromatic carbocycles. The molecule has 2 aliphatic rings. The Morgan fingerprint density at radius 3 is 2.27 bits per heavy atom. The lowest BCUT2D eigenvalue weighted by Crippen LogP contribution is -2.02. The van der Waals surface area contributed by atoms with Gasteiger partial charge in [-0.3, -0.25) is 0 Å². The van der Waals surface area contributed by atoms with Crippen molar-refractivity contribution in [2.45, 2.75) is 6.54 Å². The number of benzene rings is 2. The smallest absolute Gasteiger partial charge is 0.183 e. The first-order chi connectivity index (χ1) is 10.9. The zero-order valence-corrected chi connectivity index (χ0v) is 11.9. The van der Waals surface area contributed by atoms with E-state index < -0.39 is 0 Å². The molecule has 4 nitrogen and oxygen atoms in total. The zero-order valence-electron chi connectivity index (χ0n) is 11.9. The number of hydrogen-bond donors (Lipinski definition) is 0. The molecule has 0 aromatic heterocycles. The van der Waals surface area contributed by atoms with Gasteiger partial charge in [0.2, 0.25) is 0 Å². The summed E-state index contributed by atoms with van der Waals surface area (Å²) < 4.78 is 2.03. The van der Waals surface area contributed by atoms with Crippen molar-refractivity contribution in [3.8, 4) is 22.9 Å². The van der Waals surface area contributed by atoms with Gasteiger partial charge in [-0.05, 0) is 5.56 Å². The van der Waals surface area contributed by atoms with Crippen LogP contribution in [0.3, 0.4) is 0 Å². The summed E-state index contributed by atoms with van der Waals surface area (Å²) in [4.78, 5) is 13.5. The topological polar surface area (TPSA) is 43.6 Å². The first kappa shape index (κ1) is 12.7. The van der Waals surface area contributed by atoms with Gasteiger partial charge in [-0.25, -0.2) is 15.0 Å². The van der Waals surface area contributed by atoms with Crippen molar-refractivity contribution in [1.29, 1.82) is 0 Å². The summed E-state index contributed by atoms with van der Waals surface area (Å²) in [5.41, 5.74) is 3.06. The van der Waals surface area contributed by atoms with Crippen LogP contribution in [0.1, 0.15) is 5.56 Å². The van der Waals surface area contributed by atoms with E-state index in [2.05, 4.69) is 27.1 Å². The van der Waals surface area contributed by atoms with E-state index >= 15 is 0 Å². The molecule has 0 aliphatic carbocycles. The molecule has 0 atom stereocenters. The fraction of sp³-hybridized carbons (Fsp3) is 0.0556. The first-order valence-corrected chi connectivity index (χ1v) is 7.17. The van der Waals surface area contributed by atoms with Crippen LogP contribution in [0.15, 0.2) is 73.2 Å². The second-order valence-electron chi connectivity index (χ2n) is 5.15. The minimum absolute atomic E-state index is 0.683. The molecular weight excluding hydrogens is 272 g/mol. The summed E-state index contributed by atoms with van der Waals surface area (Å²) in [5.74, 6) is 1.41. The van der Waals surface area contributed by atoms with E-state index in [1.165, 1.54) is 5.56 Å². The van der Waals surface area contributed by atoms with Crippen LogP contribution in [0.2, 0.25) is 0 Å². The minimum atomic E-state index is 0.683. The summed E-state index contributed by atoms with van der Waals surface area (Å²) in [5, 5.41) is 0. The van der Waals surface area contributed by atoms with Gasteiger partial charge in [-0.15, -0.1) is 0 Å². The molecule has 2 aromatic rings. The van der Waals surface area contributed by atoms with E-state index in [4.69, 9.17) is 0 Å². The van der Waals surface area contributed by atoms with Crippen LogP contribution in [0.5, 0.6) is 0 Å². The van der Waals surface area contributed by atoms with Gasteiger partial charge in [-0.1, -0.05) is 60.7 Å². The van der Waals surface area contributed by atoms with Crippen molar-refractivity contribution in [2.24, 2.45) is 0 Å². The Morgan fingerprint density at radius 1 is 0.773 bits per heavy atom. The van der Waals surface area contributed by atoms with Crippen LogP contribution < -0.4 is 0 Å². The number of rotatable bonds is 3. The second-order valence-corrected chi connectivity index (χ2v) is 5.15. The highest BCUT2D eigenvalue weighted by molar-refractivity contribution is 5.63. The number of hydrogen-bond acceptors (Lipinski definition) is 3. The molecule has 0 spiro atoms. The predicted molar refractivity (Wildman–Crippen MR) is 85.4 cm³/mol. The average molecular weight is 286 g/mol. The molecule has 2 aliphatic heterocycles. The molecule has 0 fully saturated rings. The van der Waals surface area contributed by atoms with Gasteiger partial charge in [0.25, 0.3) is 0 Å². The quantitative estimate of drug-likeness (QED) is 0.579. The molecule has 0 amide bonds. The van der Waals surface area contributed by atoms with E-state index in [0.29, 0.717) is 5.82 Å². The second kappa shape index (κ2) is 5.41. The van der Waals surface area contributed by atoms with Gasteiger partial charge in [0, 0.05) is 18.3 Å². The van der Waals surface area contributed by atoms with Crippen molar-refractivity contribution < 1.29 is 0 Å². The third-order valence-electron chi connectivity index (χ3n) is 3.52. The van der Waals surface area contributed by atoms with Crippen LogP contribution in [-0.2, 0) is 6.54 Å². The molecule has 106 valence electrons. The summed E-state index contributed by atoms with van der Waals surface area (Å²) in [6, 6.07) is 20.3. The Labute approximate surface area is 128 Å². The average Bonchev–Trinajstić information content (AvgIpc) is 3.00. The monoisotopic (exact) mass is 286 g/mol. The molecule has 0 unspecified atom stereocenters. The Kier molecular flexibility index (Phi) is 3.12. The van der Waals surface area contributed by atoms with Gasteiger partial charge in [0.1, 0.15) is 5.69 Å². The van der Waals surface area contributed by atoms with Crippen molar-refractivity contribution in [3.63, 3.8) is 0 Å². The number of aromatic nitrogens is 4. The summed E-state index contributed by atoms with van der Waals surface area (Å²) in [6.07, 6.45) is 3.80. The fourth-order valence-electron chi connectivity index (χ4n) is 2.44. The Hall–Kier alpha value is -3.01. The van der Waals surface area contributed by atoms with Crippen LogP contribution in [0.25, 0.3) is 22.9 Å². The van der Waals surface area contributed by atoms with Gasteiger partial charge in [0.15, 0.2) is 11.6 Å². The molecule has 4 heteroatoms. The summed E-state index contributed by atoms with van der Waals surface area (Å²) in [7, 11) is 0. The van der Waals surface area contributed by atoms with E-state index in [1.807, 2.05) is 59.3 Å². The number of imidazole rings is 1. The van der Waals surface area contributed by atoms with E-state index in [0.717, 1.165) is 23.6 Å². The number of nitrogens with zero attached hydrogens (tertiary/aromatic N) is 4. The van der Waals surface area contributed by atoms with Crippen LogP contribution in [0, 0.1) is 0 Å². The first-order valence-electron chi connectivity index (χ1n) is 7.17. The Bertz CT molecular complexity index is 853. The largest absolute Gasteiger partial charge is 0.332 e. The third kappa shape index (κ3) is 2.46. The molecule has 0 bridgehead atoms. The SMILES string of the molecule is c1ccc(Cn2cnc3nc(-c4ccccc4)nc-3c2)cc1. The zero-order chi connectivity index (χ0) is 14.8. The molecule has 0 N–H and O–H groups in total. The molecule has 22 heavy (non-hydrogen) atoms. The van der Waals surface area contributed by atoms with Crippen LogP contribution in [-0.4, -0.2) is 19.5 Å². The maximum Gasteiger partial charge on any atom is 0.183 e. The molecular formula is C18H14N4. The highest BCUT2D eigenvalue weighted by Crippen LogP contribution is 2.22. The van der Waals surface area contributed by atoms with Gasteiger partial charge in [0.05, 0.1) is 6.33 Å². The fourth-order valence-corrected chi connectivity index (χ4v) is 2.44. The standard InChI is InChI=1S/C18H14N4/c1-3-7-14(8-4-1)11-22-12-16-18(19-13-22)21-17(20-16)15-9-5-2-6-10-15/h1-10,12-13H,11H2. The van der Waals surface area contributed by atoms with Crippen molar-refractivity contribution in [2.75, 3.05) is 0 Å². The lowest BCUT2D eigenvalue weighted by molar-refractivity contribution is 0.764. The predicted octanol–water partition coefficient (Wildman–Crippen LogP) is 3.49. The molecule has 4 rings (SSSR count). The number of fused-ring (bicyclic) bond motifs is 1. The normalized spacial score (nSPS) is 10.9. The van der Waals surface area contributed by atoms with Gasteiger partial charge >= 0.3 is 0 Å². The lowest BCUT2D eigenvalue weighted by Gasteiger charge is -2.06. The Balaban J connectivity index is 1.69. The van der Waals surface area contributed by atoms with Crippen molar-refractivity contribution >= 4 is 0 Å². The van der Waals surface area contributed by atoms with E-state index in [-0.39, 0.29) is 0 Å². The maximum atomic E-state index is 4.59. The minimum Gasteiger partial charge on any atom is -0.332 e. The van der Waals surface area contributed by atoms with Crippen LogP contribution in [0.4, 0.5) is 0 Å². The molecule has 0 saturated carbocycles. The van der Waals surface area contributed by atoms with E-state index in [9.17, 15) is 0 Å². The van der Waals surface area contributed by atoms with Gasteiger partial charge in [-0.2, -0.15) is 0 Å². The molecule has 0 radical (unpaired) electrons. The molecule has 2 heterocycles.